The molecule has 4 rings (SSSR count). The SMILES string of the molecule is CN(Cc1ccc(C(=O)N2CC3(C)CC2CC(C)(C)C3)cc1)C(=O)C1CCCC1. The van der Waals surface area contributed by atoms with Crippen LogP contribution < -0.4 is 0 Å². The van der Waals surface area contributed by atoms with Crippen LogP contribution in [0.4, 0.5) is 0 Å². The first-order chi connectivity index (χ1) is 13.7. The van der Waals surface area contributed by atoms with Gasteiger partial charge in [-0.15, -0.1) is 0 Å². The van der Waals surface area contributed by atoms with E-state index in [9.17, 15) is 9.59 Å². The molecule has 1 aromatic rings. The number of amides is 2. The van der Waals surface area contributed by atoms with Crippen molar-refractivity contribution in [3.63, 3.8) is 0 Å². The van der Waals surface area contributed by atoms with Crippen molar-refractivity contribution >= 4 is 11.8 Å². The van der Waals surface area contributed by atoms with Gasteiger partial charge in [-0.25, -0.2) is 0 Å². The molecular formula is C25H36N2O2. The summed E-state index contributed by atoms with van der Waals surface area (Å²) < 4.78 is 0. The summed E-state index contributed by atoms with van der Waals surface area (Å²) in [6, 6.07) is 8.29. The molecule has 4 heteroatoms. The Morgan fingerprint density at radius 1 is 1.07 bits per heavy atom. The van der Waals surface area contributed by atoms with E-state index < -0.39 is 0 Å². The lowest BCUT2D eigenvalue weighted by atomic mass is 9.65. The molecule has 0 spiro atoms. The van der Waals surface area contributed by atoms with Crippen molar-refractivity contribution in [2.75, 3.05) is 13.6 Å². The van der Waals surface area contributed by atoms with Gasteiger partial charge in [-0.3, -0.25) is 9.59 Å². The molecule has 2 bridgehead atoms. The number of rotatable bonds is 4. The molecule has 2 aliphatic carbocycles. The highest BCUT2D eigenvalue weighted by atomic mass is 16.2. The summed E-state index contributed by atoms with van der Waals surface area (Å²) in [6.45, 7) is 8.50. The van der Waals surface area contributed by atoms with Crippen LogP contribution >= 0.6 is 0 Å². The summed E-state index contributed by atoms with van der Waals surface area (Å²) in [4.78, 5) is 29.7. The highest BCUT2D eigenvalue weighted by Crippen LogP contribution is 2.52. The van der Waals surface area contributed by atoms with Crippen molar-refractivity contribution < 1.29 is 9.59 Å². The highest BCUT2D eigenvalue weighted by Gasteiger charge is 2.51. The van der Waals surface area contributed by atoms with E-state index in [4.69, 9.17) is 0 Å². The Hall–Kier alpha value is -1.84. The minimum atomic E-state index is 0.165. The number of hydrogen-bond donors (Lipinski definition) is 0. The van der Waals surface area contributed by atoms with Gasteiger partial charge in [-0.1, -0.05) is 45.7 Å². The second-order valence-corrected chi connectivity index (χ2v) is 11.0. The molecule has 2 atom stereocenters. The number of carbonyl (C=O) groups excluding carboxylic acids is 2. The number of carbonyl (C=O) groups is 2. The molecule has 0 N–H and O–H groups in total. The largest absolute Gasteiger partial charge is 0.341 e. The Balaban J connectivity index is 1.40. The van der Waals surface area contributed by atoms with Crippen LogP contribution in [-0.4, -0.2) is 41.2 Å². The van der Waals surface area contributed by atoms with Crippen molar-refractivity contribution in [3.8, 4) is 0 Å². The van der Waals surface area contributed by atoms with Crippen molar-refractivity contribution in [2.45, 2.75) is 78.3 Å². The van der Waals surface area contributed by atoms with Gasteiger partial charge in [-0.2, -0.15) is 0 Å². The molecule has 158 valence electrons. The first kappa shape index (κ1) is 20.4. The van der Waals surface area contributed by atoms with Crippen LogP contribution in [0.5, 0.6) is 0 Å². The van der Waals surface area contributed by atoms with Crippen LogP contribution in [-0.2, 0) is 11.3 Å². The summed E-state index contributed by atoms with van der Waals surface area (Å²) >= 11 is 0. The van der Waals surface area contributed by atoms with E-state index in [1.54, 1.807) is 0 Å². The monoisotopic (exact) mass is 396 g/mol. The standard InChI is InChI=1S/C25H36N2O2/c1-24(2)13-21-14-25(3,16-24)17-27(21)23(29)20-11-9-18(10-12-20)15-26(4)22(28)19-7-5-6-8-19/h9-12,19,21H,5-8,13-17H2,1-4H3. The molecule has 1 saturated heterocycles. The average molecular weight is 397 g/mol. The lowest BCUT2D eigenvalue weighted by Crippen LogP contribution is -2.37. The summed E-state index contributed by atoms with van der Waals surface area (Å²) in [6.07, 6.45) is 7.84. The van der Waals surface area contributed by atoms with E-state index in [2.05, 4.69) is 25.7 Å². The first-order valence-electron chi connectivity index (χ1n) is 11.3. The second kappa shape index (κ2) is 7.45. The maximum Gasteiger partial charge on any atom is 0.254 e. The Labute approximate surface area is 175 Å². The molecule has 0 radical (unpaired) electrons. The van der Waals surface area contributed by atoms with Gasteiger partial charge in [0, 0.05) is 37.7 Å². The van der Waals surface area contributed by atoms with Gasteiger partial charge in [-0.05, 0) is 60.6 Å². The van der Waals surface area contributed by atoms with Crippen molar-refractivity contribution in [1.29, 1.82) is 0 Å². The summed E-state index contributed by atoms with van der Waals surface area (Å²) in [5, 5.41) is 0. The van der Waals surface area contributed by atoms with Crippen molar-refractivity contribution in [1.82, 2.24) is 9.80 Å². The van der Waals surface area contributed by atoms with Gasteiger partial charge < -0.3 is 9.80 Å². The van der Waals surface area contributed by atoms with Gasteiger partial charge in [0.2, 0.25) is 5.91 Å². The maximum atomic E-state index is 13.2. The molecular weight excluding hydrogens is 360 g/mol. The third kappa shape index (κ3) is 4.22. The molecule has 3 aliphatic rings. The fraction of sp³-hybridized carbons (Fsp3) is 0.680. The Morgan fingerprint density at radius 2 is 1.72 bits per heavy atom. The van der Waals surface area contributed by atoms with Gasteiger partial charge in [0.05, 0.1) is 0 Å². The zero-order valence-electron chi connectivity index (χ0n) is 18.5. The van der Waals surface area contributed by atoms with Gasteiger partial charge in [0.1, 0.15) is 0 Å². The van der Waals surface area contributed by atoms with Crippen LogP contribution in [0.15, 0.2) is 24.3 Å². The first-order valence-corrected chi connectivity index (χ1v) is 11.3. The molecule has 29 heavy (non-hydrogen) atoms. The topological polar surface area (TPSA) is 40.6 Å². The molecule has 1 heterocycles. The summed E-state index contributed by atoms with van der Waals surface area (Å²) in [7, 11) is 1.90. The Kier molecular flexibility index (Phi) is 5.25. The van der Waals surface area contributed by atoms with E-state index >= 15 is 0 Å². The van der Waals surface area contributed by atoms with E-state index in [0.717, 1.165) is 43.4 Å². The number of fused-ring (bicyclic) bond motifs is 2. The molecule has 2 amide bonds. The summed E-state index contributed by atoms with van der Waals surface area (Å²) in [5.74, 6) is 0.641. The minimum absolute atomic E-state index is 0.165. The lowest BCUT2D eigenvalue weighted by molar-refractivity contribution is -0.134. The predicted octanol–water partition coefficient (Wildman–Crippen LogP) is 4.88. The van der Waals surface area contributed by atoms with Crippen LogP contribution in [0.2, 0.25) is 0 Å². The Bertz CT molecular complexity index is 779. The van der Waals surface area contributed by atoms with Crippen LogP contribution in [0, 0.1) is 16.7 Å². The third-order valence-electron chi connectivity index (χ3n) is 7.38. The smallest absolute Gasteiger partial charge is 0.254 e. The van der Waals surface area contributed by atoms with E-state index in [1.165, 1.54) is 19.3 Å². The van der Waals surface area contributed by atoms with Gasteiger partial charge in [0.15, 0.2) is 0 Å². The third-order valence-corrected chi connectivity index (χ3v) is 7.38. The Morgan fingerprint density at radius 3 is 2.38 bits per heavy atom. The second-order valence-electron chi connectivity index (χ2n) is 11.0. The number of hydrogen-bond acceptors (Lipinski definition) is 2. The van der Waals surface area contributed by atoms with E-state index in [-0.39, 0.29) is 23.1 Å². The molecule has 3 fully saturated rings. The molecule has 4 nitrogen and oxygen atoms in total. The molecule has 1 aromatic carbocycles. The van der Waals surface area contributed by atoms with Crippen molar-refractivity contribution in [3.05, 3.63) is 35.4 Å². The average Bonchev–Trinajstić information content (AvgIpc) is 3.26. The highest BCUT2D eigenvalue weighted by molar-refractivity contribution is 5.94. The summed E-state index contributed by atoms with van der Waals surface area (Å²) in [5.41, 5.74) is 2.43. The van der Waals surface area contributed by atoms with Gasteiger partial charge >= 0.3 is 0 Å². The molecule has 1 aliphatic heterocycles. The lowest BCUT2D eigenvalue weighted by Gasteiger charge is -2.39. The van der Waals surface area contributed by atoms with Crippen LogP contribution in [0.25, 0.3) is 0 Å². The van der Waals surface area contributed by atoms with E-state index in [1.807, 2.05) is 36.2 Å². The molecule has 2 saturated carbocycles. The normalized spacial score (nSPS) is 28.6. The molecule has 2 unspecified atom stereocenters. The quantitative estimate of drug-likeness (QED) is 0.728. The van der Waals surface area contributed by atoms with Crippen molar-refractivity contribution in [2.24, 2.45) is 16.7 Å². The number of likely N-dealkylation sites (tertiary alicyclic amines) is 1. The fourth-order valence-electron chi connectivity index (χ4n) is 6.45. The van der Waals surface area contributed by atoms with E-state index in [0.29, 0.717) is 18.0 Å². The number of benzene rings is 1. The zero-order chi connectivity index (χ0) is 20.8. The molecule has 0 aromatic heterocycles. The van der Waals surface area contributed by atoms with Crippen LogP contribution in [0.3, 0.4) is 0 Å². The zero-order valence-corrected chi connectivity index (χ0v) is 18.5. The minimum Gasteiger partial charge on any atom is -0.341 e. The number of nitrogens with zero attached hydrogens (tertiary/aromatic N) is 2. The van der Waals surface area contributed by atoms with Gasteiger partial charge in [0.25, 0.3) is 5.91 Å². The maximum absolute atomic E-state index is 13.2. The predicted molar refractivity (Wildman–Crippen MR) is 115 cm³/mol. The fourth-order valence-corrected chi connectivity index (χ4v) is 6.45. The van der Waals surface area contributed by atoms with Crippen LogP contribution in [0.1, 0.15) is 81.6 Å².